The summed E-state index contributed by atoms with van der Waals surface area (Å²) in [6.07, 6.45) is 4.41. The molecule has 20 heavy (non-hydrogen) atoms. The summed E-state index contributed by atoms with van der Waals surface area (Å²) < 4.78 is 0. The van der Waals surface area contributed by atoms with Gasteiger partial charge in [-0.3, -0.25) is 4.79 Å². The molecule has 1 aromatic rings. The van der Waals surface area contributed by atoms with Crippen LogP contribution in [0.15, 0.2) is 30.3 Å². The molecule has 0 spiro atoms. The number of rotatable bonds is 3. The first kappa shape index (κ1) is 14.6. The van der Waals surface area contributed by atoms with Crippen molar-refractivity contribution in [2.45, 2.75) is 31.7 Å². The number of benzene rings is 1. The number of carbonyl (C=O) groups is 1. The van der Waals surface area contributed by atoms with Crippen LogP contribution in [0, 0.1) is 11.8 Å². The first-order valence-electron chi connectivity index (χ1n) is 7.33. The van der Waals surface area contributed by atoms with Gasteiger partial charge in [0.1, 0.15) is 0 Å². The zero-order chi connectivity index (χ0) is 14.2. The van der Waals surface area contributed by atoms with Gasteiger partial charge in [-0.1, -0.05) is 24.1 Å². The molecule has 3 heteroatoms. The molecule has 0 saturated carbocycles. The smallest absolute Gasteiger partial charge is 0.299 e. The van der Waals surface area contributed by atoms with Crippen LogP contribution in [-0.4, -0.2) is 37.0 Å². The average molecular weight is 270 g/mol. The number of piperidine rings is 1. The molecule has 0 radical (unpaired) electrons. The number of hydrogen-bond donors (Lipinski definition) is 1. The third-order valence-electron chi connectivity index (χ3n) is 3.70. The van der Waals surface area contributed by atoms with Gasteiger partial charge in [-0.25, -0.2) is 0 Å². The molecule has 1 heterocycles. The summed E-state index contributed by atoms with van der Waals surface area (Å²) in [5.41, 5.74) is 0.893. The predicted octanol–water partition coefficient (Wildman–Crippen LogP) is 2.03. The van der Waals surface area contributed by atoms with Crippen LogP contribution < -0.4 is 5.32 Å². The summed E-state index contributed by atoms with van der Waals surface area (Å²) in [5, 5.41) is 3.16. The zero-order valence-electron chi connectivity index (χ0n) is 12.1. The molecule has 0 bridgehead atoms. The van der Waals surface area contributed by atoms with Gasteiger partial charge < -0.3 is 10.2 Å². The summed E-state index contributed by atoms with van der Waals surface area (Å²) >= 11 is 0. The molecular formula is C17H22N2O. The summed E-state index contributed by atoms with van der Waals surface area (Å²) in [6, 6.07) is 10.0. The lowest BCUT2D eigenvalue weighted by Crippen LogP contribution is -2.44. The second kappa shape index (κ2) is 7.72. The normalized spacial score (nSPS) is 18.2. The van der Waals surface area contributed by atoms with Crippen molar-refractivity contribution < 1.29 is 4.79 Å². The van der Waals surface area contributed by atoms with Gasteiger partial charge in [0, 0.05) is 24.1 Å². The predicted molar refractivity (Wildman–Crippen MR) is 81.2 cm³/mol. The lowest BCUT2D eigenvalue weighted by molar-refractivity contribution is -0.128. The SMILES string of the molecule is CNCCC1CCCCN1C(=O)C#Cc1ccccc1. The molecule has 1 aliphatic heterocycles. The largest absolute Gasteiger partial charge is 0.329 e. The van der Waals surface area contributed by atoms with Gasteiger partial charge in [0.05, 0.1) is 0 Å². The fraction of sp³-hybridized carbons (Fsp3) is 0.471. The molecule has 0 aliphatic carbocycles. The third kappa shape index (κ3) is 4.11. The standard InChI is InChI=1S/C17H22N2O/c1-18-13-12-16-9-5-6-14-19(16)17(20)11-10-15-7-3-2-4-8-15/h2-4,7-8,16,18H,5-6,9,12-14H2,1H3. The van der Waals surface area contributed by atoms with Crippen molar-refractivity contribution in [1.29, 1.82) is 0 Å². The molecule has 1 fully saturated rings. The highest BCUT2D eigenvalue weighted by atomic mass is 16.2. The van der Waals surface area contributed by atoms with E-state index < -0.39 is 0 Å². The molecule has 3 nitrogen and oxygen atoms in total. The van der Waals surface area contributed by atoms with E-state index in [0.717, 1.165) is 37.9 Å². The minimum atomic E-state index is -0.0327. The topological polar surface area (TPSA) is 32.3 Å². The van der Waals surface area contributed by atoms with E-state index in [1.165, 1.54) is 6.42 Å². The molecule has 1 saturated heterocycles. The van der Waals surface area contributed by atoms with Crippen molar-refractivity contribution in [2.75, 3.05) is 20.1 Å². The Hall–Kier alpha value is -1.79. The molecule has 1 aliphatic rings. The fourth-order valence-corrected chi connectivity index (χ4v) is 2.60. The molecule has 1 N–H and O–H groups in total. The zero-order valence-corrected chi connectivity index (χ0v) is 12.1. The van der Waals surface area contributed by atoms with E-state index in [1.54, 1.807) is 0 Å². The fourth-order valence-electron chi connectivity index (χ4n) is 2.60. The molecule has 1 atom stereocenters. The van der Waals surface area contributed by atoms with E-state index >= 15 is 0 Å². The van der Waals surface area contributed by atoms with Gasteiger partial charge >= 0.3 is 0 Å². The van der Waals surface area contributed by atoms with Crippen LogP contribution in [0.4, 0.5) is 0 Å². The van der Waals surface area contributed by atoms with Gasteiger partial charge in [-0.05, 0) is 51.4 Å². The molecule has 106 valence electrons. The minimum absolute atomic E-state index is 0.0327. The average Bonchev–Trinajstić information content (AvgIpc) is 2.52. The number of hydrogen-bond acceptors (Lipinski definition) is 2. The molecule has 2 rings (SSSR count). The van der Waals surface area contributed by atoms with Crippen LogP contribution in [0.5, 0.6) is 0 Å². The number of nitrogens with zero attached hydrogens (tertiary/aromatic N) is 1. The van der Waals surface area contributed by atoms with Crippen molar-refractivity contribution in [3.05, 3.63) is 35.9 Å². The van der Waals surface area contributed by atoms with Crippen LogP contribution in [-0.2, 0) is 4.79 Å². The lowest BCUT2D eigenvalue weighted by Gasteiger charge is -2.34. The summed E-state index contributed by atoms with van der Waals surface area (Å²) in [5.74, 6) is 5.72. The first-order chi connectivity index (χ1) is 9.81. The maximum absolute atomic E-state index is 12.3. The van der Waals surface area contributed by atoms with E-state index in [9.17, 15) is 4.79 Å². The molecule has 0 aromatic heterocycles. The van der Waals surface area contributed by atoms with Crippen LogP contribution >= 0.6 is 0 Å². The van der Waals surface area contributed by atoms with E-state index in [0.29, 0.717) is 6.04 Å². The van der Waals surface area contributed by atoms with Gasteiger partial charge in [0.2, 0.25) is 0 Å². The molecule has 1 aromatic carbocycles. The van der Waals surface area contributed by atoms with E-state index in [4.69, 9.17) is 0 Å². The van der Waals surface area contributed by atoms with Gasteiger partial charge in [-0.2, -0.15) is 0 Å². The van der Waals surface area contributed by atoms with Crippen LogP contribution in [0.25, 0.3) is 0 Å². The highest BCUT2D eigenvalue weighted by Gasteiger charge is 2.24. The Bertz CT molecular complexity index is 487. The second-order valence-corrected chi connectivity index (χ2v) is 5.16. The Kier molecular flexibility index (Phi) is 5.64. The minimum Gasteiger partial charge on any atom is -0.329 e. The molecule has 1 amide bonds. The van der Waals surface area contributed by atoms with Crippen LogP contribution in [0.1, 0.15) is 31.2 Å². The van der Waals surface area contributed by atoms with Crippen LogP contribution in [0.3, 0.4) is 0 Å². The summed E-state index contributed by atoms with van der Waals surface area (Å²) in [4.78, 5) is 14.2. The van der Waals surface area contributed by atoms with Crippen molar-refractivity contribution in [1.82, 2.24) is 10.2 Å². The Morgan fingerprint density at radius 1 is 1.35 bits per heavy atom. The molecule has 1 unspecified atom stereocenters. The second-order valence-electron chi connectivity index (χ2n) is 5.16. The number of nitrogens with one attached hydrogen (secondary N) is 1. The third-order valence-corrected chi connectivity index (χ3v) is 3.70. The van der Waals surface area contributed by atoms with Crippen LogP contribution in [0.2, 0.25) is 0 Å². The highest BCUT2D eigenvalue weighted by molar-refractivity contribution is 5.94. The Balaban J connectivity index is 2.01. The first-order valence-corrected chi connectivity index (χ1v) is 7.33. The Labute approximate surface area is 121 Å². The lowest BCUT2D eigenvalue weighted by atomic mass is 9.99. The Morgan fingerprint density at radius 2 is 2.15 bits per heavy atom. The highest BCUT2D eigenvalue weighted by Crippen LogP contribution is 2.19. The monoisotopic (exact) mass is 270 g/mol. The van der Waals surface area contributed by atoms with Gasteiger partial charge in [-0.15, -0.1) is 0 Å². The molecular weight excluding hydrogens is 248 g/mol. The summed E-state index contributed by atoms with van der Waals surface area (Å²) in [7, 11) is 1.95. The van der Waals surface area contributed by atoms with E-state index in [1.807, 2.05) is 42.3 Å². The van der Waals surface area contributed by atoms with E-state index in [2.05, 4.69) is 17.2 Å². The quantitative estimate of drug-likeness (QED) is 0.852. The number of likely N-dealkylation sites (tertiary alicyclic amines) is 1. The maximum atomic E-state index is 12.3. The van der Waals surface area contributed by atoms with Gasteiger partial charge in [0.15, 0.2) is 0 Å². The number of amides is 1. The van der Waals surface area contributed by atoms with Crippen molar-refractivity contribution in [3.8, 4) is 11.8 Å². The maximum Gasteiger partial charge on any atom is 0.299 e. The van der Waals surface area contributed by atoms with Crippen molar-refractivity contribution in [3.63, 3.8) is 0 Å². The van der Waals surface area contributed by atoms with Crippen molar-refractivity contribution >= 4 is 5.91 Å². The number of carbonyl (C=O) groups excluding carboxylic acids is 1. The van der Waals surface area contributed by atoms with Crippen molar-refractivity contribution in [2.24, 2.45) is 0 Å². The van der Waals surface area contributed by atoms with Gasteiger partial charge in [0.25, 0.3) is 5.91 Å². The van der Waals surface area contributed by atoms with E-state index in [-0.39, 0.29) is 5.91 Å². The summed E-state index contributed by atoms with van der Waals surface area (Å²) in [6.45, 7) is 1.79. The Morgan fingerprint density at radius 3 is 2.90 bits per heavy atom.